The molecule has 1 N–H and O–H groups in total. The van der Waals surface area contributed by atoms with Crippen molar-refractivity contribution in [3.8, 4) is 0 Å². The molecule has 7 rings (SSSR count). The van der Waals surface area contributed by atoms with Gasteiger partial charge in [0.2, 0.25) is 5.91 Å². The third kappa shape index (κ3) is 6.81. The van der Waals surface area contributed by atoms with E-state index < -0.39 is 9.84 Å². The van der Waals surface area contributed by atoms with Crippen molar-refractivity contribution in [3.63, 3.8) is 0 Å². The Morgan fingerprint density at radius 2 is 1.64 bits per heavy atom. The molecule has 1 saturated heterocycles. The number of fused-ring (bicyclic) bond motifs is 7. The van der Waals surface area contributed by atoms with E-state index >= 15 is 0 Å². The molecule has 1 unspecified atom stereocenters. The van der Waals surface area contributed by atoms with E-state index in [1.807, 2.05) is 18.2 Å². The Kier molecular flexibility index (Phi) is 10.7. The molecule has 1 aromatic rings. The fourth-order valence-electron chi connectivity index (χ4n) is 14.3. The highest BCUT2D eigenvalue weighted by atomic mass is 32.2. The van der Waals surface area contributed by atoms with Gasteiger partial charge in [0.05, 0.1) is 24.2 Å². The standard InChI is InChI=1S/C47H68N2O5S/c1-32(2)35-16-22-47(23-19-40(50)48-26-9-27-49-28-30-55(52,53)31-29-49)25-24-45(6)37(41(35)47)14-15-39-44(5)20-17-36(33-10-12-34(13-11-33)42(51)54-8)43(3,4)38(44)18-21-46(39,45)7/h10-13,17,19,23,35,37-39,41H,1,9,14-16,18,20-22,24-31H2,2-8H3,(H,48,50)/b23-19+/t35?,37-,38+,39-,41-,44+,45-,46-,47+/m1/s1. The van der Waals surface area contributed by atoms with Crippen molar-refractivity contribution < 1.29 is 22.7 Å². The minimum atomic E-state index is -2.88. The van der Waals surface area contributed by atoms with Crippen molar-refractivity contribution in [3.05, 3.63) is 65.8 Å². The van der Waals surface area contributed by atoms with Crippen LogP contribution in [0.5, 0.6) is 0 Å². The fraction of sp³-hybridized carbons (Fsp3) is 0.702. The second kappa shape index (κ2) is 14.6. The lowest BCUT2D eigenvalue weighted by molar-refractivity contribution is -0.221. The van der Waals surface area contributed by atoms with Crippen molar-refractivity contribution in [1.82, 2.24) is 10.2 Å². The molecule has 1 heterocycles. The highest BCUT2D eigenvalue weighted by molar-refractivity contribution is 7.91. The first-order chi connectivity index (χ1) is 25.9. The number of benzene rings is 1. The first-order valence-electron chi connectivity index (χ1n) is 21.4. The van der Waals surface area contributed by atoms with Crippen LogP contribution in [-0.2, 0) is 19.4 Å². The van der Waals surface area contributed by atoms with Crippen LogP contribution >= 0.6 is 0 Å². The van der Waals surface area contributed by atoms with Crippen LogP contribution in [-0.4, -0.2) is 70.0 Å². The largest absolute Gasteiger partial charge is 0.465 e. The van der Waals surface area contributed by atoms with E-state index in [2.05, 4.69) is 82.6 Å². The van der Waals surface area contributed by atoms with Crippen LogP contribution < -0.4 is 5.32 Å². The predicted molar refractivity (Wildman–Crippen MR) is 222 cm³/mol. The van der Waals surface area contributed by atoms with E-state index in [9.17, 15) is 18.0 Å². The summed E-state index contributed by atoms with van der Waals surface area (Å²) in [5.74, 6) is 3.00. The summed E-state index contributed by atoms with van der Waals surface area (Å²) in [7, 11) is -1.45. The second-order valence-electron chi connectivity index (χ2n) is 20.0. The molecule has 5 fully saturated rings. The molecule has 7 nitrogen and oxygen atoms in total. The highest BCUT2D eigenvalue weighted by Gasteiger charge is 2.70. The zero-order chi connectivity index (χ0) is 39.6. The number of methoxy groups -OCH3 is 1. The first kappa shape index (κ1) is 40.5. The third-order valence-electron chi connectivity index (χ3n) is 17.3. The summed E-state index contributed by atoms with van der Waals surface area (Å²) in [6.45, 7) is 22.4. The summed E-state index contributed by atoms with van der Waals surface area (Å²) < 4.78 is 28.5. The average Bonchev–Trinajstić information content (AvgIpc) is 3.53. The van der Waals surface area contributed by atoms with Crippen molar-refractivity contribution >= 4 is 27.3 Å². The molecule has 9 atom stereocenters. The van der Waals surface area contributed by atoms with Crippen LogP contribution in [0.2, 0.25) is 0 Å². The van der Waals surface area contributed by atoms with Crippen LogP contribution in [0.3, 0.4) is 0 Å². The van der Waals surface area contributed by atoms with Gasteiger partial charge in [-0.3, -0.25) is 4.79 Å². The van der Waals surface area contributed by atoms with Gasteiger partial charge in [-0.2, -0.15) is 0 Å². The van der Waals surface area contributed by atoms with Gasteiger partial charge in [0.25, 0.3) is 0 Å². The van der Waals surface area contributed by atoms with Crippen LogP contribution in [0, 0.1) is 56.7 Å². The molecule has 4 saturated carbocycles. The van der Waals surface area contributed by atoms with Crippen molar-refractivity contribution in [2.45, 2.75) is 106 Å². The lowest BCUT2D eigenvalue weighted by Gasteiger charge is -2.72. The number of sulfone groups is 1. The number of nitrogens with one attached hydrogen (secondary N) is 1. The zero-order valence-electron chi connectivity index (χ0n) is 34.8. The van der Waals surface area contributed by atoms with Gasteiger partial charge in [0.1, 0.15) is 0 Å². The summed E-state index contributed by atoms with van der Waals surface area (Å²) in [6.07, 6.45) is 18.3. The highest BCUT2D eigenvalue weighted by Crippen LogP contribution is 2.78. The van der Waals surface area contributed by atoms with Gasteiger partial charge < -0.3 is 15.0 Å². The van der Waals surface area contributed by atoms with Gasteiger partial charge in [0.15, 0.2) is 9.84 Å². The lowest BCUT2D eigenvalue weighted by Crippen LogP contribution is -2.65. The maximum Gasteiger partial charge on any atom is 0.337 e. The number of carbonyl (C=O) groups excluding carboxylic acids is 2. The third-order valence-corrected chi connectivity index (χ3v) is 18.9. The number of carbonyl (C=O) groups is 2. The average molecular weight is 773 g/mol. The van der Waals surface area contributed by atoms with Crippen LogP contribution in [0.1, 0.15) is 122 Å². The van der Waals surface area contributed by atoms with Gasteiger partial charge in [-0.15, -0.1) is 0 Å². The van der Waals surface area contributed by atoms with Crippen LogP contribution in [0.4, 0.5) is 0 Å². The summed E-state index contributed by atoms with van der Waals surface area (Å²) >= 11 is 0. The summed E-state index contributed by atoms with van der Waals surface area (Å²) in [5, 5.41) is 3.14. The molecule has 0 radical (unpaired) electrons. The molecule has 0 bridgehead atoms. The van der Waals surface area contributed by atoms with Gasteiger partial charge in [0, 0.05) is 19.6 Å². The van der Waals surface area contributed by atoms with Crippen molar-refractivity contribution in [2.75, 3.05) is 44.8 Å². The fourth-order valence-corrected chi connectivity index (χ4v) is 15.6. The van der Waals surface area contributed by atoms with Crippen LogP contribution in [0.15, 0.2) is 54.6 Å². The van der Waals surface area contributed by atoms with Crippen molar-refractivity contribution in [1.29, 1.82) is 0 Å². The van der Waals surface area contributed by atoms with Crippen LogP contribution in [0.25, 0.3) is 5.57 Å². The number of hydrogen-bond donors (Lipinski definition) is 1. The Hall–Kier alpha value is -2.71. The number of esters is 1. The molecule has 8 heteroatoms. The number of nitrogens with zero attached hydrogens (tertiary/aromatic N) is 1. The number of hydrogen-bond acceptors (Lipinski definition) is 6. The van der Waals surface area contributed by atoms with E-state index in [-0.39, 0.29) is 50.5 Å². The second-order valence-corrected chi connectivity index (χ2v) is 22.3. The quantitative estimate of drug-likeness (QED) is 0.117. The molecule has 0 aromatic heterocycles. The number of amides is 1. The summed E-state index contributed by atoms with van der Waals surface area (Å²) in [4.78, 5) is 27.6. The molecule has 1 aliphatic heterocycles. The monoisotopic (exact) mass is 772 g/mol. The Balaban J connectivity index is 1.08. The number of rotatable bonds is 9. The predicted octanol–water partition coefficient (Wildman–Crippen LogP) is 8.92. The molecular formula is C47H68N2O5S. The summed E-state index contributed by atoms with van der Waals surface area (Å²) in [5.41, 5.74) is 5.26. The maximum absolute atomic E-state index is 13.3. The molecule has 302 valence electrons. The SMILES string of the molecule is C=C(C)C1CC[C@]2(/C=C/C(=O)NCCCN3CCS(=O)(=O)CC3)CC[C@]3(C)[C@H](CC[C@@H]4[C@@]5(C)CC=C(c6ccc(C(=O)OC)cc6)C(C)(C)[C@@H]5CC[C@]43C)[C@@H]12. The molecule has 1 aromatic carbocycles. The van der Waals surface area contributed by atoms with E-state index in [0.717, 1.165) is 38.6 Å². The molecule has 1 amide bonds. The van der Waals surface area contributed by atoms with E-state index in [4.69, 9.17) is 4.74 Å². The molecule has 55 heavy (non-hydrogen) atoms. The van der Waals surface area contributed by atoms with Gasteiger partial charge in [-0.05, 0) is 164 Å². The Morgan fingerprint density at radius 1 is 0.927 bits per heavy atom. The van der Waals surface area contributed by atoms with E-state index in [0.29, 0.717) is 54.8 Å². The molecular weight excluding hydrogens is 705 g/mol. The topological polar surface area (TPSA) is 92.8 Å². The van der Waals surface area contributed by atoms with Gasteiger partial charge >= 0.3 is 5.97 Å². The normalized spacial score (nSPS) is 39.2. The number of allylic oxidation sites excluding steroid dienone is 4. The summed E-state index contributed by atoms with van der Waals surface area (Å²) in [6, 6.07) is 8.05. The van der Waals surface area contributed by atoms with E-state index in [1.54, 1.807) is 0 Å². The van der Waals surface area contributed by atoms with Gasteiger partial charge in [-0.1, -0.05) is 71.1 Å². The number of ether oxygens (including phenoxy) is 1. The lowest BCUT2D eigenvalue weighted by atomic mass is 9.32. The minimum absolute atomic E-state index is 0.00452. The molecule has 5 aliphatic carbocycles. The minimum Gasteiger partial charge on any atom is -0.465 e. The van der Waals surface area contributed by atoms with E-state index in [1.165, 1.54) is 55.9 Å². The first-order valence-corrected chi connectivity index (χ1v) is 23.2. The Bertz CT molecular complexity index is 1830. The van der Waals surface area contributed by atoms with Gasteiger partial charge in [-0.25, -0.2) is 13.2 Å². The molecule has 6 aliphatic rings. The Morgan fingerprint density at radius 3 is 2.31 bits per heavy atom. The van der Waals surface area contributed by atoms with Crippen molar-refractivity contribution in [2.24, 2.45) is 56.7 Å². The maximum atomic E-state index is 13.3. The Labute approximate surface area is 332 Å². The smallest absolute Gasteiger partial charge is 0.337 e. The zero-order valence-corrected chi connectivity index (χ0v) is 35.7. The molecule has 0 spiro atoms.